The molecular formula is C14H18N2O. The van der Waals surface area contributed by atoms with Crippen molar-refractivity contribution in [2.24, 2.45) is 0 Å². The van der Waals surface area contributed by atoms with Gasteiger partial charge in [-0.25, -0.2) is 0 Å². The summed E-state index contributed by atoms with van der Waals surface area (Å²) in [7, 11) is 0. The van der Waals surface area contributed by atoms with Gasteiger partial charge in [0.25, 0.3) is 0 Å². The van der Waals surface area contributed by atoms with E-state index in [-0.39, 0.29) is 5.43 Å². The number of nitrogens with one attached hydrogen (secondary N) is 1. The van der Waals surface area contributed by atoms with E-state index in [4.69, 9.17) is 5.73 Å². The smallest absolute Gasteiger partial charge is 0.192 e. The lowest BCUT2D eigenvalue weighted by Crippen LogP contribution is -2.13. The predicted molar refractivity (Wildman–Crippen MR) is 72.5 cm³/mol. The van der Waals surface area contributed by atoms with Crippen LogP contribution in [-0.2, 0) is 12.8 Å². The molecule has 1 heterocycles. The summed E-state index contributed by atoms with van der Waals surface area (Å²) in [5.41, 5.74) is 10.5. The third-order valence-corrected chi connectivity index (χ3v) is 3.26. The Morgan fingerprint density at radius 2 is 1.94 bits per heavy atom. The van der Waals surface area contributed by atoms with Crippen LogP contribution in [0.4, 0.5) is 5.69 Å². The molecule has 0 unspecified atom stereocenters. The van der Waals surface area contributed by atoms with Gasteiger partial charge in [-0.15, -0.1) is 0 Å². The number of hydrogen-bond acceptors (Lipinski definition) is 2. The second-order valence-corrected chi connectivity index (χ2v) is 4.37. The maximum atomic E-state index is 12.3. The molecule has 1 aromatic carbocycles. The van der Waals surface area contributed by atoms with E-state index in [1.807, 2.05) is 19.9 Å². The summed E-state index contributed by atoms with van der Waals surface area (Å²) in [6.07, 6.45) is 1.61. The molecule has 0 saturated carbocycles. The van der Waals surface area contributed by atoms with Gasteiger partial charge in [0.05, 0.1) is 5.52 Å². The Morgan fingerprint density at radius 3 is 2.53 bits per heavy atom. The molecule has 0 aliphatic carbocycles. The summed E-state index contributed by atoms with van der Waals surface area (Å²) >= 11 is 0. The summed E-state index contributed by atoms with van der Waals surface area (Å²) in [5, 5.41) is 0.712. The fraction of sp³-hybridized carbons (Fsp3) is 0.357. The van der Waals surface area contributed by atoms with Crippen molar-refractivity contribution in [2.45, 2.75) is 33.6 Å². The average Bonchev–Trinajstić information content (AvgIpc) is 2.30. The summed E-state index contributed by atoms with van der Waals surface area (Å²) in [5.74, 6) is 0. The number of aryl methyl sites for hydroxylation is 2. The molecule has 0 amide bonds. The van der Waals surface area contributed by atoms with Crippen LogP contribution in [-0.4, -0.2) is 4.98 Å². The number of pyridine rings is 1. The van der Waals surface area contributed by atoms with Crippen molar-refractivity contribution in [2.75, 3.05) is 5.73 Å². The zero-order valence-corrected chi connectivity index (χ0v) is 10.6. The Labute approximate surface area is 101 Å². The van der Waals surface area contributed by atoms with Gasteiger partial charge in [-0.3, -0.25) is 4.79 Å². The average molecular weight is 230 g/mol. The molecular weight excluding hydrogens is 212 g/mol. The first-order valence-electron chi connectivity index (χ1n) is 6.02. The Bertz CT molecular complexity index is 626. The lowest BCUT2D eigenvalue weighted by Gasteiger charge is -2.10. The molecule has 3 nitrogen and oxygen atoms in total. The van der Waals surface area contributed by atoms with Gasteiger partial charge in [0.15, 0.2) is 5.43 Å². The van der Waals surface area contributed by atoms with E-state index in [2.05, 4.69) is 11.9 Å². The molecule has 0 radical (unpaired) electrons. The van der Waals surface area contributed by atoms with Crippen LogP contribution >= 0.6 is 0 Å². The van der Waals surface area contributed by atoms with E-state index < -0.39 is 0 Å². The quantitative estimate of drug-likeness (QED) is 0.779. The van der Waals surface area contributed by atoms with Crippen molar-refractivity contribution >= 4 is 16.6 Å². The maximum absolute atomic E-state index is 12.3. The highest BCUT2D eigenvalue weighted by Crippen LogP contribution is 2.20. The molecule has 2 rings (SSSR count). The van der Waals surface area contributed by atoms with Gasteiger partial charge in [-0.1, -0.05) is 13.8 Å². The topological polar surface area (TPSA) is 58.9 Å². The molecule has 0 atom stereocenters. The van der Waals surface area contributed by atoms with Crippen LogP contribution in [0.2, 0.25) is 0 Å². The third kappa shape index (κ3) is 1.82. The summed E-state index contributed by atoms with van der Waals surface area (Å²) in [6, 6.07) is 3.70. The molecule has 3 N–H and O–H groups in total. The van der Waals surface area contributed by atoms with Crippen LogP contribution in [0, 0.1) is 6.92 Å². The molecule has 0 fully saturated rings. The lowest BCUT2D eigenvalue weighted by atomic mass is 10.0. The number of rotatable bonds is 2. The van der Waals surface area contributed by atoms with E-state index in [9.17, 15) is 4.79 Å². The number of aromatic amines is 1. The van der Waals surface area contributed by atoms with E-state index >= 15 is 0 Å². The largest absolute Gasteiger partial charge is 0.399 e. The second kappa shape index (κ2) is 4.24. The van der Waals surface area contributed by atoms with Crippen LogP contribution in [0.25, 0.3) is 10.9 Å². The highest BCUT2D eigenvalue weighted by molar-refractivity contribution is 5.86. The summed E-state index contributed by atoms with van der Waals surface area (Å²) in [6.45, 7) is 6.02. The Balaban J connectivity index is 2.96. The maximum Gasteiger partial charge on any atom is 0.192 e. The van der Waals surface area contributed by atoms with Crippen molar-refractivity contribution in [1.82, 2.24) is 4.98 Å². The number of benzene rings is 1. The molecule has 0 saturated heterocycles. The number of aromatic nitrogens is 1. The van der Waals surface area contributed by atoms with Gasteiger partial charge in [0.2, 0.25) is 0 Å². The van der Waals surface area contributed by atoms with E-state index in [0.29, 0.717) is 11.1 Å². The van der Waals surface area contributed by atoms with Crippen molar-refractivity contribution in [3.8, 4) is 0 Å². The van der Waals surface area contributed by atoms with Gasteiger partial charge in [-0.05, 0) is 37.5 Å². The van der Waals surface area contributed by atoms with Gasteiger partial charge in [-0.2, -0.15) is 0 Å². The van der Waals surface area contributed by atoms with Gasteiger partial charge in [0, 0.05) is 22.3 Å². The number of anilines is 1. The zero-order valence-electron chi connectivity index (χ0n) is 10.6. The summed E-state index contributed by atoms with van der Waals surface area (Å²) < 4.78 is 0. The molecule has 17 heavy (non-hydrogen) atoms. The Morgan fingerprint density at radius 1 is 1.24 bits per heavy atom. The second-order valence-electron chi connectivity index (χ2n) is 4.37. The molecule has 0 bridgehead atoms. The summed E-state index contributed by atoms with van der Waals surface area (Å²) in [4.78, 5) is 15.7. The van der Waals surface area contributed by atoms with Crippen LogP contribution in [0.3, 0.4) is 0 Å². The van der Waals surface area contributed by atoms with Crippen molar-refractivity contribution < 1.29 is 0 Å². The van der Waals surface area contributed by atoms with E-state index in [1.165, 1.54) is 0 Å². The third-order valence-electron chi connectivity index (χ3n) is 3.26. The Hall–Kier alpha value is -1.77. The first kappa shape index (κ1) is 11.7. The van der Waals surface area contributed by atoms with Crippen LogP contribution in [0.5, 0.6) is 0 Å². The number of fused-ring (bicyclic) bond motifs is 1. The molecule has 0 spiro atoms. The first-order chi connectivity index (χ1) is 8.08. The fourth-order valence-electron chi connectivity index (χ4n) is 2.35. The SMILES string of the molecule is CCc1c(C)[nH]c2c(CC)cc(N)cc2c1=O. The number of nitrogens with two attached hydrogens (primary N) is 1. The first-order valence-corrected chi connectivity index (χ1v) is 6.02. The van der Waals surface area contributed by atoms with Crippen molar-refractivity contribution in [3.63, 3.8) is 0 Å². The predicted octanol–water partition coefficient (Wildman–Crippen LogP) is 2.54. The molecule has 0 aliphatic rings. The lowest BCUT2D eigenvalue weighted by molar-refractivity contribution is 1.04. The minimum absolute atomic E-state index is 0.112. The van der Waals surface area contributed by atoms with E-state index in [1.54, 1.807) is 6.07 Å². The minimum Gasteiger partial charge on any atom is -0.399 e. The van der Waals surface area contributed by atoms with Gasteiger partial charge in [0.1, 0.15) is 0 Å². The zero-order chi connectivity index (χ0) is 12.6. The van der Waals surface area contributed by atoms with Gasteiger partial charge >= 0.3 is 0 Å². The normalized spacial score (nSPS) is 11.0. The fourth-order valence-corrected chi connectivity index (χ4v) is 2.35. The number of hydrogen-bond donors (Lipinski definition) is 2. The highest BCUT2D eigenvalue weighted by atomic mass is 16.1. The highest BCUT2D eigenvalue weighted by Gasteiger charge is 2.10. The monoisotopic (exact) mass is 230 g/mol. The number of nitrogen functional groups attached to an aromatic ring is 1. The number of H-pyrrole nitrogens is 1. The van der Waals surface area contributed by atoms with Crippen molar-refractivity contribution in [3.05, 3.63) is 39.2 Å². The standard InChI is InChI=1S/C14H18N2O/c1-4-9-6-10(15)7-12-13(9)16-8(3)11(5-2)14(12)17/h6-7H,4-5,15H2,1-3H3,(H,16,17). The molecule has 1 aromatic heterocycles. The molecule has 0 aliphatic heterocycles. The molecule has 90 valence electrons. The van der Waals surface area contributed by atoms with Crippen LogP contribution < -0.4 is 11.2 Å². The molecule has 3 heteroatoms. The van der Waals surface area contributed by atoms with Gasteiger partial charge < -0.3 is 10.7 Å². The van der Waals surface area contributed by atoms with Crippen molar-refractivity contribution in [1.29, 1.82) is 0 Å². The Kier molecular flexibility index (Phi) is 2.92. The van der Waals surface area contributed by atoms with Crippen LogP contribution in [0.1, 0.15) is 30.7 Å². The van der Waals surface area contributed by atoms with Crippen LogP contribution in [0.15, 0.2) is 16.9 Å². The minimum atomic E-state index is 0.112. The molecule has 2 aromatic rings. The van der Waals surface area contributed by atoms with E-state index in [0.717, 1.165) is 35.2 Å².